The van der Waals surface area contributed by atoms with Crippen molar-refractivity contribution in [3.05, 3.63) is 61.4 Å². The Morgan fingerprint density at radius 2 is 1.91 bits per heavy atom. The summed E-state index contributed by atoms with van der Waals surface area (Å²) in [5, 5.41) is 22.9. The Balaban J connectivity index is 1.93. The monoisotopic (exact) mass is 488 g/mol. The van der Waals surface area contributed by atoms with Gasteiger partial charge in [0.1, 0.15) is 16.3 Å². The van der Waals surface area contributed by atoms with Crippen LogP contribution in [-0.4, -0.2) is 21.8 Å². The van der Waals surface area contributed by atoms with Crippen LogP contribution in [0.2, 0.25) is 0 Å². The Hall–Kier alpha value is -1.76. The first kappa shape index (κ1) is 25.9. The summed E-state index contributed by atoms with van der Waals surface area (Å²) in [7, 11) is 0. The zero-order valence-electron chi connectivity index (χ0n) is 20.7. The molecule has 0 saturated carbocycles. The molecule has 2 heterocycles. The summed E-state index contributed by atoms with van der Waals surface area (Å²) in [5.41, 5.74) is 3.22. The van der Waals surface area contributed by atoms with E-state index in [1.54, 1.807) is 11.3 Å². The number of aryl methyl sites for hydroxylation is 3. The standard InChI is InChI=1S/C27H36O4S2/c1-16(2)27(10-8-22-17(3)9-11-32-22)14-21(29)24(25(30)31-27)33-23-12-18(4)19(15-28)13-20(23)26(5,6)7/h9,11-13,16,28-29H,8,10,14-15H2,1-7H3. The first-order chi connectivity index (χ1) is 15.4. The van der Waals surface area contributed by atoms with Crippen LogP contribution in [0.3, 0.4) is 0 Å². The van der Waals surface area contributed by atoms with E-state index in [-0.39, 0.29) is 28.6 Å². The number of carbonyl (C=O) groups excluding carboxylic acids is 1. The normalized spacial score (nSPS) is 19.4. The van der Waals surface area contributed by atoms with Gasteiger partial charge in [0, 0.05) is 16.2 Å². The van der Waals surface area contributed by atoms with E-state index in [9.17, 15) is 15.0 Å². The van der Waals surface area contributed by atoms with Crippen LogP contribution in [0.15, 0.2) is 39.1 Å². The first-order valence-electron chi connectivity index (χ1n) is 11.5. The number of cyclic esters (lactones) is 1. The van der Waals surface area contributed by atoms with Gasteiger partial charge in [-0.25, -0.2) is 4.79 Å². The third-order valence-corrected chi connectivity index (χ3v) is 8.88. The van der Waals surface area contributed by atoms with Crippen molar-refractivity contribution in [2.24, 2.45) is 5.92 Å². The van der Waals surface area contributed by atoms with E-state index in [0.717, 1.165) is 28.0 Å². The second kappa shape index (κ2) is 9.85. The van der Waals surface area contributed by atoms with Gasteiger partial charge in [0.25, 0.3) is 0 Å². The van der Waals surface area contributed by atoms with Crippen LogP contribution in [0.4, 0.5) is 0 Å². The smallest absolute Gasteiger partial charge is 0.349 e. The number of thioether (sulfide) groups is 1. The van der Waals surface area contributed by atoms with Gasteiger partial charge in [-0.2, -0.15) is 0 Å². The third-order valence-electron chi connectivity index (χ3n) is 6.63. The van der Waals surface area contributed by atoms with E-state index in [4.69, 9.17) is 4.74 Å². The average molecular weight is 489 g/mol. The quantitative estimate of drug-likeness (QED) is 0.411. The molecule has 0 saturated heterocycles. The summed E-state index contributed by atoms with van der Waals surface area (Å²) in [6.45, 7) is 14.4. The van der Waals surface area contributed by atoms with Gasteiger partial charge in [-0.15, -0.1) is 11.3 Å². The number of carbonyl (C=O) groups is 1. The summed E-state index contributed by atoms with van der Waals surface area (Å²) in [6.07, 6.45) is 1.82. The van der Waals surface area contributed by atoms with E-state index >= 15 is 0 Å². The lowest BCUT2D eigenvalue weighted by molar-refractivity contribution is -0.164. The Bertz CT molecular complexity index is 1060. The van der Waals surface area contributed by atoms with Crippen molar-refractivity contribution in [3.63, 3.8) is 0 Å². The second-order valence-electron chi connectivity index (χ2n) is 10.4. The minimum atomic E-state index is -0.717. The van der Waals surface area contributed by atoms with Gasteiger partial charge < -0.3 is 14.9 Å². The van der Waals surface area contributed by atoms with E-state index in [1.165, 1.54) is 22.2 Å². The number of hydrogen-bond donors (Lipinski definition) is 2. The fourth-order valence-corrected chi connectivity index (χ4v) is 6.42. The van der Waals surface area contributed by atoms with Gasteiger partial charge in [0.05, 0.1) is 6.61 Å². The minimum absolute atomic E-state index is 0.0313. The molecular formula is C27H36O4S2. The molecule has 3 rings (SSSR count). The molecule has 0 bridgehead atoms. The zero-order chi connectivity index (χ0) is 24.6. The molecule has 1 unspecified atom stereocenters. The van der Waals surface area contributed by atoms with Gasteiger partial charge in [0.2, 0.25) is 0 Å². The molecule has 1 aromatic heterocycles. The summed E-state index contributed by atoms with van der Waals surface area (Å²) in [5.74, 6) is -0.271. The molecule has 2 aromatic rings. The Morgan fingerprint density at radius 1 is 1.21 bits per heavy atom. The van der Waals surface area contributed by atoms with Crippen molar-refractivity contribution in [2.75, 3.05) is 0 Å². The van der Waals surface area contributed by atoms with Gasteiger partial charge in [-0.05, 0) is 77.8 Å². The molecule has 0 radical (unpaired) electrons. The third kappa shape index (κ3) is 5.50. The maximum atomic E-state index is 13.2. The van der Waals surface area contributed by atoms with Crippen LogP contribution < -0.4 is 0 Å². The molecule has 0 amide bonds. The molecule has 6 heteroatoms. The highest BCUT2D eigenvalue weighted by atomic mass is 32.2. The van der Waals surface area contributed by atoms with Crippen LogP contribution in [-0.2, 0) is 28.0 Å². The molecule has 33 heavy (non-hydrogen) atoms. The van der Waals surface area contributed by atoms with Crippen LogP contribution in [0.5, 0.6) is 0 Å². The summed E-state index contributed by atoms with van der Waals surface area (Å²) in [6, 6.07) is 6.11. The van der Waals surface area contributed by atoms with E-state index in [1.807, 2.05) is 19.1 Å². The van der Waals surface area contributed by atoms with Crippen molar-refractivity contribution in [3.8, 4) is 0 Å². The number of benzene rings is 1. The van der Waals surface area contributed by atoms with Gasteiger partial charge in [-0.3, -0.25) is 0 Å². The highest BCUT2D eigenvalue weighted by Gasteiger charge is 2.44. The van der Waals surface area contributed by atoms with Crippen molar-refractivity contribution in [1.29, 1.82) is 0 Å². The average Bonchev–Trinajstić information content (AvgIpc) is 3.13. The minimum Gasteiger partial charge on any atom is -0.511 e. The molecule has 4 nitrogen and oxygen atoms in total. The molecule has 1 atom stereocenters. The number of rotatable bonds is 7. The lowest BCUT2D eigenvalue weighted by atomic mass is 9.80. The van der Waals surface area contributed by atoms with Crippen molar-refractivity contribution < 1.29 is 19.7 Å². The fourth-order valence-electron chi connectivity index (χ4n) is 4.26. The number of esters is 1. The molecule has 2 N–H and O–H groups in total. The van der Waals surface area contributed by atoms with Crippen molar-refractivity contribution in [2.45, 2.75) is 90.2 Å². The molecule has 0 aliphatic carbocycles. The van der Waals surface area contributed by atoms with Crippen molar-refractivity contribution in [1.82, 2.24) is 0 Å². The molecule has 1 aliphatic rings. The number of thiophene rings is 1. The van der Waals surface area contributed by atoms with Gasteiger partial charge >= 0.3 is 5.97 Å². The number of aliphatic hydroxyl groups excluding tert-OH is 2. The number of hydrogen-bond acceptors (Lipinski definition) is 6. The van der Waals surface area contributed by atoms with Gasteiger partial charge in [-0.1, -0.05) is 52.4 Å². The molecule has 0 fully saturated rings. The number of aliphatic hydroxyl groups is 2. The second-order valence-corrected chi connectivity index (χ2v) is 12.4. The zero-order valence-corrected chi connectivity index (χ0v) is 22.4. The van der Waals surface area contributed by atoms with Crippen molar-refractivity contribution >= 4 is 29.1 Å². The highest BCUT2D eigenvalue weighted by molar-refractivity contribution is 8.04. The molecule has 0 spiro atoms. The first-order valence-corrected chi connectivity index (χ1v) is 13.2. The highest BCUT2D eigenvalue weighted by Crippen LogP contribution is 2.45. The summed E-state index contributed by atoms with van der Waals surface area (Å²) >= 11 is 3.00. The predicted molar refractivity (Wildman–Crippen MR) is 137 cm³/mol. The van der Waals surface area contributed by atoms with Crippen LogP contribution >= 0.6 is 23.1 Å². The lowest BCUT2D eigenvalue weighted by Crippen LogP contribution is -2.44. The Kier molecular flexibility index (Phi) is 7.72. The SMILES string of the molecule is Cc1cc(SC2=C(O)CC(CCc3sccc3C)(C(C)C)OC2=O)c(C(C)(C)C)cc1CO. The maximum absolute atomic E-state index is 13.2. The van der Waals surface area contributed by atoms with Gasteiger partial charge in [0.15, 0.2) is 0 Å². The van der Waals surface area contributed by atoms with Crippen LogP contribution in [0.1, 0.15) is 74.6 Å². The summed E-state index contributed by atoms with van der Waals surface area (Å²) in [4.78, 5) is 15.7. The summed E-state index contributed by atoms with van der Waals surface area (Å²) < 4.78 is 6.12. The molecule has 1 aromatic carbocycles. The molecular weight excluding hydrogens is 452 g/mol. The number of ether oxygens (including phenoxy) is 1. The fraction of sp³-hybridized carbons (Fsp3) is 0.519. The van der Waals surface area contributed by atoms with E-state index in [0.29, 0.717) is 12.8 Å². The van der Waals surface area contributed by atoms with Crippen LogP contribution in [0.25, 0.3) is 0 Å². The predicted octanol–water partition coefficient (Wildman–Crippen LogP) is 6.99. The molecule has 1 aliphatic heterocycles. The van der Waals surface area contributed by atoms with E-state index < -0.39 is 11.6 Å². The largest absolute Gasteiger partial charge is 0.511 e. The lowest BCUT2D eigenvalue weighted by Gasteiger charge is -2.40. The topological polar surface area (TPSA) is 66.8 Å². The Labute approximate surface area is 206 Å². The maximum Gasteiger partial charge on any atom is 0.349 e. The molecule has 180 valence electrons. The van der Waals surface area contributed by atoms with Crippen LogP contribution in [0, 0.1) is 19.8 Å². The van der Waals surface area contributed by atoms with E-state index in [2.05, 4.69) is 53.0 Å². The Morgan fingerprint density at radius 3 is 2.42 bits per heavy atom.